The molecule has 224 valence electrons. The molecule has 11 nitrogen and oxygen atoms in total. The van der Waals surface area contributed by atoms with Gasteiger partial charge < -0.3 is 49.6 Å². The molecule has 4 saturated carbocycles. The lowest BCUT2D eigenvalue weighted by molar-refractivity contribution is -0.320. The maximum atomic E-state index is 13.0. The van der Waals surface area contributed by atoms with Gasteiger partial charge in [-0.25, -0.2) is 4.79 Å². The molecule has 2 aliphatic heterocycles. The molecule has 11 heteroatoms. The van der Waals surface area contributed by atoms with E-state index in [9.17, 15) is 40.2 Å². The highest BCUT2D eigenvalue weighted by Crippen LogP contribution is 2.70. The van der Waals surface area contributed by atoms with E-state index in [4.69, 9.17) is 14.2 Å². The van der Waals surface area contributed by atoms with Crippen LogP contribution in [0, 0.1) is 28.6 Å². The number of aliphatic hydroxyl groups excluding tert-OH is 4. The molecule has 14 atom stereocenters. The number of fused-ring (bicyclic) bond motifs is 5. The van der Waals surface area contributed by atoms with E-state index >= 15 is 0 Å². The second-order valence-corrected chi connectivity index (χ2v) is 13.6. The summed E-state index contributed by atoms with van der Waals surface area (Å²) < 4.78 is 16.8. The van der Waals surface area contributed by atoms with Gasteiger partial charge in [-0.2, -0.15) is 0 Å². The minimum absolute atomic E-state index is 0.0615. The normalized spacial score (nSPS) is 56.0. The van der Waals surface area contributed by atoms with Gasteiger partial charge in [0.2, 0.25) is 0 Å². The number of carbonyl (C=O) groups is 2. The molecule has 6 N–H and O–H groups in total. The van der Waals surface area contributed by atoms with Crippen LogP contribution in [0.15, 0.2) is 11.6 Å². The highest BCUT2D eigenvalue weighted by atomic mass is 16.7. The summed E-state index contributed by atoms with van der Waals surface area (Å²) in [6, 6.07) is 0. The van der Waals surface area contributed by atoms with E-state index in [1.165, 1.54) is 6.08 Å². The van der Waals surface area contributed by atoms with Gasteiger partial charge in [0.1, 0.15) is 31.2 Å². The number of aldehydes is 1. The minimum Gasteiger partial charge on any atom is -0.458 e. The summed E-state index contributed by atoms with van der Waals surface area (Å²) >= 11 is 0. The van der Waals surface area contributed by atoms with Gasteiger partial charge in [-0.1, -0.05) is 6.92 Å². The molecule has 0 spiro atoms. The van der Waals surface area contributed by atoms with Crippen LogP contribution in [0.2, 0.25) is 0 Å². The first-order valence-electron chi connectivity index (χ1n) is 14.6. The second-order valence-electron chi connectivity index (χ2n) is 13.6. The third kappa shape index (κ3) is 3.78. The van der Waals surface area contributed by atoms with Crippen molar-refractivity contribution in [2.24, 2.45) is 28.6 Å². The van der Waals surface area contributed by atoms with Crippen LogP contribution in [-0.4, -0.2) is 104 Å². The van der Waals surface area contributed by atoms with Gasteiger partial charge >= 0.3 is 5.97 Å². The second kappa shape index (κ2) is 9.54. The number of hydrogen-bond donors (Lipinski definition) is 6. The monoisotopic (exact) mass is 566 g/mol. The number of aliphatic hydroxyl groups is 6. The number of hydrogen-bond acceptors (Lipinski definition) is 11. The van der Waals surface area contributed by atoms with Crippen LogP contribution in [0.25, 0.3) is 0 Å². The summed E-state index contributed by atoms with van der Waals surface area (Å²) in [5.74, 6) is -1.61. The van der Waals surface area contributed by atoms with Crippen molar-refractivity contribution < 1.29 is 54.4 Å². The molecule has 2 heterocycles. The molecule has 0 aromatic heterocycles. The van der Waals surface area contributed by atoms with Gasteiger partial charge in [0.05, 0.1) is 34.9 Å². The van der Waals surface area contributed by atoms with Crippen LogP contribution in [0.1, 0.15) is 65.2 Å². The van der Waals surface area contributed by atoms with Crippen LogP contribution in [0.3, 0.4) is 0 Å². The molecule has 0 bridgehead atoms. The van der Waals surface area contributed by atoms with Gasteiger partial charge in [0.25, 0.3) is 0 Å². The molecule has 0 aromatic rings. The Morgan fingerprint density at radius 1 is 1.00 bits per heavy atom. The van der Waals surface area contributed by atoms with Crippen LogP contribution < -0.4 is 0 Å². The molecule has 6 aliphatic rings. The van der Waals surface area contributed by atoms with Crippen LogP contribution in [-0.2, 0) is 23.8 Å². The maximum Gasteiger partial charge on any atom is 0.331 e. The Morgan fingerprint density at radius 3 is 2.42 bits per heavy atom. The maximum absolute atomic E-state index is 13.0. The average Bonchev–Trinajstić information content (AvgIpc) is 3.45. The Hall–Kier alpha value is -1.44. The zero-order chi connectivity index (χ0) is 28.8. The zero-order valence-electron chi connectivity index (χ0n) is 23.0. The fourth-order valence-corrected chi connectivity index (χ4v) is 9.82. The van der Waals surface area contributed by atoms with Crippen molar-refractivity contribution in [1.29, 1.82) is 0 Å². The summed E-state index contributed by atoms with van der Waals surface area (Å²) in [5.41, 5.74) is -3.89. The fourth-order valence-electron chi connectivity index (χ4n) is 9.82. The lowest BCUT2D eigenvalue weighted by Gasteiger charge is -2.66. The first kappa shape index (κ1) is 28.7. The number of carbonyl (C=O) groups excluding carboxylic acids is 2. The van der Waals surface area contributed by atoms with Gasteiger partial charge in [-0.05, 0) is 69.3 Å². The third-order valence-corrected chi connectivity index (χ3v) is 11.9. The summed E-state index contributed by atoms with van der Waals surface area (Å²) in [5, 5.41) is 66.7. The Labute approximate surface area is 233 Å². The van der Waals surface area contributed by atoms with E-state index in [1.54, 1.807) is 6.92 Å². The third-order valence-electron chi connectivity index (χ3n) is 11.9. The van der Waals surface area contributed by atoms with Crippen LogP contribution in [0.5, 0.6) is 0 Å². The molecule has 5 fully saturated rings. The van der Waals surface area contributed by atoms with Crippen LogP contribution >= 0.6 is 0 Å². The van der Waals surface area contributed by atoms with Crippen LogP contribution in [0.4, 0.5) is 0 Å². The van der Waals surface area contributed by atoms with E-state index in [-0.39, 0.29) is 38.2 Å². The summed E-state index contributed by atoms with van der Waals surface area (Å²) in [6.07, 6.45) is -2.87. The molecule has 40 heavy (non-hydrogen) atoms. The van der Waals surface area contributed by atoms with Gasteiger partial charge in [0, 0.05) is 23.8 Å². The molecule has 0 unspecified atom stereocenters. The Kier molecular flexibility index (Phi) is 6.83. The van der Waals surface area contributed by atoms with Gasteiger partial charge in [-0.15, -0.1) is 0 Å². The van der Waals surface area contributed by atoms with Gasteiger partial charge in [0.15, 0.2) is 6.29 Å². The standard InChI is InChI=1S/C29H42O11/c1-14-22(33)23(34)24(35)25(39-14)40-16-3-6-27(13-30)21-18(4-7-28(27,36)10-16)29(37)8-5-17(15-9-20(32)38-12-15)26(29,2)11-19(21)31/h9,13-14,16-19,21-25,31,33-37H,3-8,10-12H2,1-2H3/t14-,16-,17+,18-,19-,21-,22+,23-,24-,25+,26-,27+,28+,29+/m1/s1. The number of cyclic esters (lactones) is 1. The predicted molar refractivity (Wildman–Crippen MR) is 136 cm³/mol. The Balaban J connectivity index is 1.25. The average molecular weight is 567 g/mol. The minimum atomic E-state index is -1.51. The molecular formula is C29H42O11. The van der Waals surface area contributed by atoms with E-state index in [1.807, 2.05) is 6.92 Å². The smallest absolute Gasteiger partial charge is 0.331 e. The van der Waals surface area contributed by atoms with E-state index in [2.05, 4.69) is 0 Å². The first-order chi connectivity index (χ1) is 18.8. The lowest BCUT2D eigenvalue weighted by atomic mass is 9.41. The van der Waals surface area contributed by atoms with Crippen molar-refractivity contribution in [3.8, 4) is 0 Å². The molecule has 0 radical (unpaired) electrons. The van der Waals surface area contributed by atoms with Crippen molar-refractivity contribution in [3.63, 3.8) is 0 Å². The molecular weight excluding hydrogens is 524 g/mol. The molecule has 1 saturated heterocycles. The zero-order valence-corrected chi connectivity index (χ0v) is 23.0. The number of ether oxygens (including phenoxy) is 3. The summed E-state index contributed by atoms with van der Waals surface area (Å²) in [4.78, 5) is 24.8. The highest BCUT2D eigenvalue weighted by Gasteiger charge is 2.73. The number of esters is 1. The molecule has 0 aromatic carbocycles. The lowest BCUT2D eigenvalue weighted by Crippen LogP contribution is -2.72. The van der Waals surface area contributed by atoms with Crippen molar-refractivity contribution in [3.05, 3.63) is 11.6 Å². The highest BCUT2D eigenvalue weighted by molar-refractivity contribution is 5.85. The largest absolute Gasteiger partial charge is 0.458 e. The van der Waals surface area contributed by atoms with E-state index in [0.717, 1.165) is 11.9 Å². The van der Waals surface area contributed by atoms with Crippen molar-refractivity contribution in [2.75, 3.05) is 6.61 Å². The van der Waals surface area contributed by atoms with Gasteiger partial charge in [-0.3, -0.25) is 0 Å². The molecule has 6 rings (SSSR count). The Bertz CT molecular complexity index is 1080. The van der Waals surface area contributed by atoms with Crippen molar-refractivity contribution >= 4 is 12.3 Å². The van der Waals surface area contributed by atoms with Crippen molar-refractivity contribution in [2.45, 2.75) is 119 Å². The van der Waals surface area contributed by atoms with Crippen molar-refractivity contribution in [1.82, 2.24) is 0 Å². The first-order valence-corrected chi connectivity index (χ1v) is 14.6. The fraction of sp³-hybridized carbons (Fsp3) is 0.862. The van der Waals surface area contributed by atoms with E-state index in [0.29, 0.717) is 25.7 Å². The summed E-state index contributed by atoms with van der Waals surface area (Å²) in [6.45, 7) is 3.72. The summed E-state index contributed by atoms with van der Waals surface area (Å²) in [7, 11) is 0. The number of rotatable bonds is 4. The van der Waals surface area contributed by atoms with E-state index < -0.39 is 82.8 Å². The molecule has 0 amide bonds. The Morgan fingerprint density at radius 2 is 1.75 bits per heavy atom. The topological polar surface area (TPSA) is 183 Å². The SMILES string of the molecule is C[C@H]1O[C@@H](O[C@@H]2CC[C@]3(C=O)[C@H]4[C@H](O)C[C@]5(C)[C@H](C6=CC(=O)OC6)CC[C@]5(O)[C@@H]4CC[C@]3(O)C2)[C@H](O)[C@H](O)[C@H]1O. The predicted octanol–water partition coefficient (Wildman–Crippen LogP) is -0.279. The molecule has 4 aliphatic carbocycles. The quantitative estimate of drug-likeness (QED) is 0.149.